The summed E-state index contributed by atoms with van der Waals surface area (Å²) in [7, 11) is 0. The average Bonchev–Trinajstić information content (AvgIpc) is 2.62. The fourth-order valence-electron chi connectivity index (χ4n) is 2.95. The molecule has 0 amide bonds. The van der Waals surface area contributed by atoms with Gasteiger partial charge in [-0.15, -0.1) is 0 Å². The van der Waals surface area contributed by atoms with Gasteiger partial charge in [-0.2, -0.15) is 13.2 Å². The van der Waals surface area contributed by atoms with Crippen LogP contribution in [0.15, 0.2) is 28.9 Å². The lowest BCUT2D eigenvalue weighted by Gasteiger charge is -2.35. The molecular formula is C17H17BrF3N5O. The van der Waals surface area contributed by atoms with Crippen molar-refractivity contribution < 1.29 is 18.0 Å². The van der Waals surface area contributed by atoms with Crippen LogP contribution >= 0.6 is 15.9 Å². The first-order valence-corrected chi connectivity index (χ1v) is 8.99. The van der Waals surface area contributed by atoms with E-state index in [1.807, 2.05) is 11.8 Å². The van der Waals surface area contributed by atoms with Crippen molar-refractivity contribution in [2.24, 2.45) is 0 Å². The van der Waals surface area contributed by atoms with Gasteiger partial charge in [-0.1, -0.05) is 0 Å². The van der Waals surface area contributed by atoms with Crippen molar-refractivity contribution in [3.05, 3.63) is 45.7 Å². The number of nitrogens with one attached hydrogen (secondary N) is 1. The first-order valence-electron chi connectivity index (χ1n) is 8.20. The van der Waals surface area contributed by atoms with Crippen LogP contribution in [0.4, 0.5) is 24.8 Å². The molecule has 1 aliphatic rings. The van der Waals surface area contributed by atoms with Gasteiger partial charge >= 0.3 is 6.18 Å². The van der Waals surface area contributed by atoms with Gasteiger partial charge in [0.15, 0.2) is 0 Å². The minimum Gasteiger partial charge on any atom is -0.383 e. The number of nitrogens with two attached hydrogens (primary N) is 1. The molecule has 1 atom stereocenters. The molecule has 144 valence electrons. The van der Waals surface area contributed by atoms with Crippen LogP contribution in [0, 0.1) is 0 Å². The summed E-state index contributed by atoms with van der Waals surface area (Å²) in [5.41, 5.74) is 3.80. The number of ketones is 1. The Morgan fingerprint density at radius 1 is 1.41 bits per heavy atom. The van der Waals surface area contributed by atoms with Crippen LogP contribution in [0.5, 0.6) is 0 Å². The highest BCUT2D eigenvalue weighted by Crippen LogP contribution is 2.34. The van der Waals surface area contributed by atoms with Crippen molar-refractivity contribution in [3.8, 4) is 0 Å². The van der Waals surface area contributed by atoms with E-state index < -0.39 is 23.2 Å². The fourth-order valence-corrected chi connectivity index (χ4v) is 3.28. The SMILES string of the molecule is C[C@@H]1CNCCN1c1ccc(C(F)(F)F)c(C(=O)c2cc(Br)cnc2N)n1. The second-order valence-corrected chi connectivity index (χ2v) is 7.14. The molecule has 3 heterocycles. The zero-order chi connectivity index (χ0) is 19.8. The van der Waals surface area contributed by atoms with Crippen molar-refractivity contribution in [2.75, 3.05) is 30.3 Å². The second-order valence-electron chi connectivity index (χ2n) is 6.23. The van der Waals surface area contributed by atoms with E-state index in [1.165, 1.54) is 18.3 Å². The summed E-state index contributed by atoms with van der Waals surface area (Å²) in [5.74, 6) is -0.751. The monoisotopic (exact) mass is 443 g/mol. The summed E-state index contributed by atoms with van der Waals surface area (Å²) in [5, 5.41) is 3.20. The third kappa shape index (κ3) is 4.06. The van der Waals surface area contributed by atoms with Gasteiger partial charge in [0.2, 0.25) is 5.78 Å². The Kier molecular flexibility index (Phi) is 5.38. The van der Waals surface area contributed by atoms with E-state index >= 15 is 0 Å². The average molecular weight is 444 g/mol. The molecule has 6 nitrogen and oxygen atoms in total. The Morgan fingerprint density at radius 2 is 2.15 bits per heavy atom. The highest BCUT2D eigenvalue weighted by atomic mass is 79.9. The highest BCUT2D eigenvalue weighted by molar-refractivity contribution is 9.10. The number of hydrogen-bond donors (Lipinski definition) is 2. The third-order valence-corrected chi connectivity index (χ3v) is 4.76. The summed E-state index contributed by atoms with van der Waals surface area (Å²) in [6, 6.07) is 3.56. The first-order chi connectivity index (χ1) is 12.7. The lowest BCUT2D eigenvalue weighted by molar-refractivity contribution is -0.138. The number of nitrogen functional groups attached to an aromatic ring is 1. The molecule has 1 fully saturated rings. The van der Waals surface area contributed by atoms with Gasteiger partial charge in [-0.3, -0.25) is 4.79 Å². The van der Waals surface area contributed by atoms with Crippen LogP contribution in [0.1, 0.15) is 28.5 Å². The molecule has 3 N–H and O–H groups in total. The molecule has 1 saturated heterocycles. The number of rotatable bonds is 3. The van der Waals surface area contributed by atoms with Crippen molar-refractivity contribution >= 4 is 33.3 Å². The Bertz CT molecular complexity index is 874. The number of hydrogen-bond acceptors (Lipinski definition) is 6. The molecule has 0 bridgehead atoms. The summed E-state index contributed by atoms with van der Waals surface area (Å²) >= 11 is 3.15. The van der Waals surface area contributed by atoms with E-state index in [4.69, 9.17) is 5.73 Å². The number of nitrogens with zero attached hydrogens (tertiary/aromatic N) is 3. The van der Waals surface area contributed by atoms with E-state index in [1.54, 1.807) is 0 Å². The van der Waals surface area contributed by atoms with Crippen LogP contribution in [0.3, 0.4) is 0 Å². The van der Waals surface area contributed by atoms with Crippen molar-refractivity contribution in [2.45, 2.75) is 19.1 Å². The molecule has 3 rings (SSSR count). The molecule has 2 aromatic rings. The first kappa shape index (κ1) is 19.6. The molecule has 0 spiro atoms. The van der Waals surface area contributed by atoms with Gasteiger partial charge in [0, 0.05) is 36.3 Å². The van der Waals surface area contributed by atoms with E-state index in [0.717, 1.165) is 6.07 Å². The van der Waals surface area contributed by atoms with Crippen LogP contribution in [0.25, 0.3) is 0 Å². The number of aromatic nitrogens is 2. The Hall–Kier alpha value is -2.20. The van der Waals surface area contributed by atoms with Crippen LogP contribution in [-0.2, 0) is 6.18 Å². The minimum atomic E-state index is -4.72. The Morgan fingerprint density at radius 3 is 2.81 bits per heavy atom. The number of alkyl halides is 3. The number of piperazine rings is 1. The number of anilines is 2. The van der Waals surface area contributed by atoms with Gasteiger partial charge < -0.3 is 16.0 Å². The largest absolute Gasteiger partial charge is 0.418 e. The summed E-state index contributed by atoms with van der Waals surface area (Å²) < 4.78 is 40.9. The number of carbonyl (C=O) groups is 1. The maximum Gasteiger partial charge on any atom is 0.418 e. The molecule has 0 radical (unpaired) electrons. The maximum atomic E-state index is 13.5. The molecule has 0 saturated carbocycles. The zero-order valence-electron chi connectivity index (χ0n) is 14.3. The maximum absolute atomic E-state index is 13.5. The number of pyridine rings is 2. The second kappa shape index (κ2) is 7.43. The summed E-state index contributed by atoms with van der Waals surface area (Å²) in [6.07, 6.45) is -3.36. The van der Waals surface area contributed by atoms with Gasteiger partial charge in [0.1, 0.15) is 17.3 Å². The lowest BCUT2D eigenvalue weighted by atomic mass is 10.0. The van der Waals surface area contributed by atoms with Gasteiger partial charge in [-0.25, -0.2) is 9.97 Å². The zero-order valence-corrected chi connectivity index (χ0v) is 15.9. The number of carbonyl (C=O) groups excluding carboxylic acids is 1. The van der Waals surface area contributed by atoms with Crippen molar-refractivity contribution in [3.63, 3.8) is 0 Å². The summed E-state index contributed by atoms with van der Waals surface area (Å²) in [6.45, 7) is 3.87. The minimum absolute atomic E-state index is 0.0311. The molecule has 0 aliphatic carbocycles. The van der Waals surface area contributed by atoms with E-state index in [-0.39, 0.29) is 17.4 Å². The highest BCUT2D eigenvalue weighted by Gasteiger charge is 2.37. The molecule has 2 aromatic heterocycles. The smallest absolute Gasteiger partial charge is 0.383 e. The van der Waals surface area contributed by atoms with Crippen LogP contribution in [-0.4, -0.2) is 41.4 Å². The molecule has 0 aromatic carbocycles. The normalized spacial score (nSPS) is 17.8. The standard InChI is InChI=1S/C17H17BrF3N5O/c1-9-7-23-4-5-26(9)13-3-2-12(17(19,20)21)14(25-13)15(27)11-6-10(18)8-24-16(11)22/h2-3,6,8-9,23H,4-5,7H2,1H3,(H2,22,24)/t9-/m1/s1. The predicted octanol–water partition coefficient (Wildman–Crippen LogP) is 2.87. The molecule has 27 heavy (non-hydrogen) atoms. The van der Waals surface area contributed by atoms with Crippen LogP contribution < -0.4 is 16.0 Å². The molecule has 10 heteroatoms. The quantitative estimate of drug-likeness (QED) is 0.709. The number of halogens is 4. The Labute approximate surface area is 162 Å². The van der Waals surface area contributed by atoms with E-state index in [2.05, 4.69) is 31.2 Å². The van der Waals surface area contributed by atoms with E-state index in [0.29, 0.717) is 29.9 Å². The van der Waals surface area contributed by atoms with Gasteiger partial charge in [0.25, 0.3) is 0 Å². The Balaban J connectivity index is 2.11. The van der Waals surface area contributed by atoms with Gasteiger partial charge in [-0.05, 0) is 41.1 Å². The molecule has 0 unspecified atom stereocenters. The van der Waals surface area contributed by atoms with Crippen molar-refractivity contribution in [1.29, 1.82) is 0 Å². The predicted molar refractivity (Wildman–Crippen MR) is 98.7 cm³/mol. The van der Waals surface area contributed by atoms with E-state index in [9.17, 15) is 18.0 Å². The molecule has 1 aliphatic heterocycles. The lowest BCUT2D eigenvalue weighted by Crippen LogP contribution is -2.50. The van der Waals surface area contributed by atoms with Gasteiger partial charge in [0.05, 0.1) is 11.1 Å². The topological polar surface area (TPSA) is 84.1 Å². The molecular weight excluding hydrogens is 427 g/mol. The third-order valence-electron chi connectivity index (χ3n) is 4.33. The summed E-state index contributed by atoms with van der Waals surface area (Å²) in [4.78, 5) is 22.7. The van der Waals surface area contributed by atoms with Crippen LogP contribution in [0.2, 0.25) is 0 Å². The fraction of sp³-hybridized carbons (Fsp3) is 0.353. The van der Waals surface area contributed by atoms with Crippen molar-refractivity contribution in [1.82, 2.24) is 15.3 Å².